The lowest BCUT2D eigenvalue weighted by Gasteiger charge is -2.32. The van der Waals surface area contributed by atoms with Crippen LogP contribution in [-0.2, 0) is 31.3 Å². The van der Waals surface area contributed by atoms with E-state index >= 15 is 0 Å². The van der Waals surface area contributed by atoms with Gasteiger partial charge >= 0.3 is 11.9 Å². The predicted molar refractivity (Wildman–Crippen MR) is 104 cm³/mol. The van der Waals surface area contributed by atoms with Crippen molar-refractivity contribution in [3.05, 3.63) is 63.9 Å². The molecule has 0 amide bonds. The second-order valence-corrected chi connectivity index (χ2v) is 7.14. The van der Waals surface area contributed by atoms with Crippen LogP contribution in [0.2, 0.25) is 5.02 Å². The number of hydrogen-bond acceptors (Lipinski definition) is 6. The van der Waals surface area contributed by atoms with Gasteiger partial charge in [-0.15, -0.1) is 0 Å². The zero-order valence-electron chi connectivity index (χ0n) is 15.1. The normalized spacial score (nSPS) is 18.9. The number of aromatic nitrogens is 1. The van der Waals surface area contributed by atoms with Crippen LogP contribution >= 0.6 is 11.6 Å². The summed E-state index contributed by atoms with van der Waals surface area (Å²) in [4.78, 5) is 28.3. The summed E-state index contributed by atoms with van der Waals surface area (Å²) in [5, 5.41) is 3.79. The van der Waals surface area contributed by atoms with Crippen LogP contribution in [0.15, 0.2) is 36.7 Å². The summed E-state index contributed by atoms with van der Waals surface area (Å²) in [6, 6.07) is 7.31. The topological polar surface area (TPSA) is 77.5 Å². The monoisotopic (exact) mass is 398 g/mol. The maximum Gasteiger partial charge on any atom is 0.309 e. The summed E-state index contributed by atoms with van der Waals surface area (Å²) in [6.07, 6.45) is 7.99. The van der Waals surface area contributed by atoms with Gasteiger partial charge < -0.3 is 14.8 Å². The molecular weight excluding hydrogens is 380 g/mol. The van der Waals surface area contributed by atoms with Crippen molar-refractivity contribution in [1.82, 2.24) is 10.3 Å². The van der Waals surface area contributed by atoms with Crippen LogP contribution < -0.4 is 5.32 Å². The summed E-state index contributed by atoms with van der Waals surface area (Å²) in [6.45, 7) is 0.840. The number of hydrogen-bond donors (Lipinski definition) is 1. The van der Waals surface area contributed by atoms with E-state index in [-0.39, 0.29) is 19.4 Å². The first-order valence-corrected chi connectivity index (χ1v) is 9.49. The molecule has 1 spiro atoms. The fraction of sp³-hybridized carbons (Fsp3) is 0.286. The SMILES string of the molecule is O=C1CCC(=O)OC2(CNCCc3c2ccc(Cl)c3/C=C/c2ccncc2)O1. The Labute approximate surface area is 167 Å². The number of carbonyl (C=O) groups excluding carboxylic acids is 2. The first-order valence-electron chi connectivity index (χ1n) is 9.12. The fourth-order valence-corrected chi connectivity index (χ4v) is 3.78. The molecule has 0 atom stereocenters. The summed E-state index contributed by atoms with van der Waals surface area (Å²) >= 11 is 6.50. The van der Waals surface area contributed by atoms with Crippen molar-refractivity contribution in [3.8, 4) is 0 Å². The molecule has 1 N–H and O–H groups in total. The van der Waals surface area contributed by atoms with E-state index in [2.05, 4.69) is 10.3 Å². The Morgan fingerprint density at radius 2 is 1.71 bits per heavy atom. The number of ether oxygens (including phenoxy) is 2. The van der Waals surface area contributed by atoms with Gasteiger partial charge in [0.05, 0.1) is 19.4 Å². The van der Waals surface area contributed by atoms with E-state index in [9.17, 15) is 9.59 Å². The average Bonchev–Trinajstić information content (AvgIpc) is 2.95. The molecule has 0 bridgehead atoms. The molecule has 2 aliphatic rings. The lowest BCUT2D eigenvalue weighted by Crippen LogP contribution is -2.43. The Hall–Kier alpha value is -2.70. The fourth-order valence-electron chi connectivity index (χ4n) is 3.54. The van der Waals surface area contributed by atoms with Crippen molar-refractivity contribution >= 4 is 35.7 Å². The van der Waals surface area contributed by atoms with E-state index in [0.29, 0.717) is 23.6 Å². The zero-order valence-corrected chi connectivity index (χ0v) is 15.9. The molecule has 2 aliphatic heterocycles. The first kappa shape index (κ1) is 18.7. The minimum atomic E-state index is -1.47. The number of benzene rings is 1. The first-order chi connectivity index (χ1) is 13.6. The van der Waals surface area contributed by atoms with Crippen molar-refractivity contribution < 1.29 is 19.1 Å². The van der Waals surface area contributed by atoms with Gasteiger partial charge in [0.25, 0.3) is 5.79 Å². The van der Waals surface area contributed by atoms with Gasteiger partial charge in [-0.25, -0.2) is 0 Å². The molecule has 0 saturated carbocycles. The maximum atomic E-state index is 12.2. The van der Waals surface area contributed by atoms with E-state index in [1.54, 1.807) is 24.5 Å². The van der Waals surface area contributed by atoms with E-state index in [1.807, 2.05) is 24.3 Å². The minimum Gasteiger partial charge on any atom is -0.416 e. The third-order valence-corrected chi connectivity index (χ3v) is 5.19. The molecular formula is C21H19ClN2O4. The van der Waals surface area contributed by atoms with Gasteiger partial charge in [0.15, 0.2) is 0 Å². The van der Waals surface area contributed by atoms with Gasteiger partial charge in [-0.05, 0) is 53.9 Å². The van der Waals surface area contributed by atoms with Gasteiger partial charge in [-0.1, -0.05) is 23.8 Å². The van der Waals surface area contributed by atoms with Crippen LogP contribution in [0.5, 0.6) is 0 Å². The lowest BCUT2D eigenvalue weighted by atomic mass is 9.93. The maximum absolute atomic E-state index is 12.2. The highest BCUT2D eigenvalue weighted by Crippen LogP contribution is 2.38. The van der Waals surface area contributed by atoms with Crippen LogP contribution in [0, 0.1) is 0 Å². The Morgan fingerprint density at radius 3 is 2.43 bits per heavy atom. The lowest BCUT2D eigenvalue weighted by molar-refractivity contribution is -0.225. The van der Waals surface area contributed by atoms with Gasteiger partial charge in [0, 0.05) is 23.0 Å². The Balaban J connectivity index is 1.82. The quantitative estimate of drug-likeness (QED) is 0.783. The number of pyridine rings is 1. The summed E-state index contributed by atoms with van der Waals surface area (Å²) in [7, 11) is 0. The number of fused-ring (bicyclic) bond motifs is 2. The number of carbonyl (C=O) groups is 2. The Kier molecular flexibility index (Phi) is 5.15. The zero-order chi connectivity index (χ0) is 19.6. The highest BCUT2D eigenvalue weighted by Gasteiger charge is 2.45. The summed E-state index contributed by atoms with van der Waals surface area (Å²) in [5.41, 5.74) is 3.35. The highest BCUT2D eigenvalue weighted by molar-refractivity contribution is 6.32. The van der Waals surface area contributed by atoms with E-state index in [1.165, 1.54) is 0 Å². The molecule has 4 rings (SSSR count). The van der Waals surface area contributed by atoms with Crippen molar-refractivity contribution in [2.24, 2.45) is 0 Å². The van der Waals surface area contributed by atoms with E-state index in [4.69, 9.17) is 21.1 Å². The Morgan fingerprint density at radius 1 is 1.00 bits per heavy atom. The van der Waals surface area contributed by atoms with Gasteiger partial charge in [-0.3, -0.25) is 14.6 Å². The molecule has 1 saturated heterocycles. The third kappa shape index (κ3) is 3.66. The molecule has 7 heteroatoms. The van der Waals surface area contributed by atoms with Gasteiger partial charge in [0.2, 0.25) is 0 Å². The van der Waals surface area contributed by atoms with Crippen molar-refractivity contribution in [2.45, 2.75) is 25.0 Å². The number of nitrogens with zero attached hydrogens (tertiary/aromatic N) is 1. The number of nitrogens with one attached hydrogen (secondary N) is 1. The molecule has 3 heterocycles. The minimum absolute atomic E-state index is 0.0122. The largest absolute Gasteiger partial charge is 0.416 e. The standard InChI is InChI=1S/C21H19ClN2O4/c22-18-4-3-17-15(16(18)2-1-14-7-10-23-11-8-14)9-12-24-13-21(17)27-19(25)5-6-20(26)28-21/h1-4,7-8,10-11,24H,5-6,9,12-13H2/b2-1+. The highest BCUT2D eigenvalue weighted by atomic mass is 35.5. The third-order valence-electron chi connectivity index (χ3n) is 4.86. The second kappa shape index (κ2) is 7.73. The molecule has 144 valence electrons. The number of rotatable bonds is 2. The van der Waals surface area contributed by atoms with E-state index < -0.39 is 17.7 Å². The van der Waals surface area contributed by atoms with Crippen LogP contribution in [0.25, 0.3) is 12.2 Å². The van der Waals surface area contributed by atoms with Crippen LogP contribution in [0.1, 0.15) is 35.1 Å². The molecule has 28 heavy (non-hydrogen) atoms. The average molecular weight is 399 g/mol. The van der Waals surface area contributed by atoms with Crippen molar-refractivity contribution in [2.75, 3.05) is 13.1 Å². The molecule has 0 unspecified atom stereocenters. The number of esters is 2. The van der Waals surface area contributed by atoms with Crippen LogP contribution in [-0.4, -0.2) is 30.0 Å². The van der Waals surface area contributed by atoms with Gasteiger partial charge in [0.1, 0.15) is 0 Å². The van der Waals surface area contributed by atoms with Crippen LogP contribution in [0.3, 0.4) is 0 Å². The smallest absolute Gasteiger partial charge is 0.309 e. The molecule has 0 aliphatic carbocycles. The molecule has 1 aromatic heterocycles. The molecule has 0 radical (unpaired) electrons. The Bertz CT molecular complexity index is 925. The summed E-state index contributed by atoms with van der Waals surface area (Å²) in [5.74, 6) is -2.38. The summed E-state index contributed by atoms with van der Waals surface area (Å²) < 4.78 is 11.3. The van der Waals surface area contributed by atoms with Gasteiger partial charge in [-0.2, -0.15) is 0 Å². The van der Waals surface area contributed by atoms with Crippen LogP contribution in [0.4, 0.5) is 0 Å². The molecule has 1 fully saturated rings. The number of halogens is 1. The molecule has 1 aromatic carbocycles. The molecule has 2 aromatic rings. The van der Waals surface area contributed by atoms with Crippen molar-refractivity contribution in [3.63, 3.8) is 0 Å². The predicted octanol–water partition coefficient (Wildman–Crippen LogP) is 3.08. The van der Waals surface area contributed by atoms with Crippen molar-refractivity contribution in [1.29, 1.82) is 0 Å². The van der Waals surface area contributed by atoms with E-state index in [0.717, 1.165) is 16.7 Å². The second-order valence-electron chi connectivity index (χ2n) is 6.73. The molecule has 6 nitrogen and oxygen atoms in total.